The molecule has 0 aliphatic carbocycles. The number of hydrogen-bond donors (Lipinski definition) is 0. The molecule has 1 aromatic carbocycles. The predicted molar refractivity (Wildman–Crippen MR) is 127 cm³/mol. The number of rotatable bonds is 3. The molecule has 0 N–H and O–H groups in total. The third-order valence-corrected chi connectivity index (χ3v) is 6.47. The standard InChI is InChI=1S/C27H27FN4O/c1-15-5-6-21(23(28)11-15)25-22-12-16(2)18(4)30-27(22)32-26(31-25)20-8-10-33-24(14-20)19-7-9-29-17(3)13-19/h5-7,9,11-13,20,24H,8,10,14H2,1-4H3/t20-,24+/m0/s1. The number of benzene rings is 1. The van der Waals surface area contributed by atoms with E-state index in [4.69, 9.17) is 19.7 Å². The van der Waals surface area contributed by atoms with E-state index in [1.54, 1.807) is 12.1 Å². The van der Waals surface area contributed by atoms with Crippen molar-refractivity contribution in [2.45, 2.75) is 52.6 Å². The molecule has 1 aliphatic rings. The number of ether oxygens (including phenoxy) is 1. The van der Waals surface area contributed by atoms with Gasteiger partial charge in [0.1, 0.15) is 11.6 Å². The molecule has 0 unspecified atom stereocenters. The van der Waals surface area contributed by atoms with Crippen molar-refractivity contribution < 1.29 is 9.13 Å². The zero-order chi connectivity index (χ0) is 23.1. The first-order chi connectivity index (χ1) is 15.9. The molecular formula is C27H27FN4O. The summed E-state index contributed by atoms with van der Waals surface area (Å²) in [5, 5.41) is 0.776. The maximum Gasteiger partial charge on any atom is 0.163 e. The van der Waals surface area contributed by atoms with Crippen molar-refractivity contribution in [3.63, 3.8) is 0 Å². The van der Waals surface area contributed by atoms with Gasteiger partial charge in [-0.15, -0.1) is 0 Å². The van der Waals surface area contributed by atoms with Crippen LogP contribution in [0.15, 0.2) is 42.6 Å². The summed E-state index contributed by atoms with van der Waals surface area (Å²) in [6, 6.07) is 11.3. The number of aryl methyl sites for hydroxylation is 4. The zero-order valence-corrected chi connectivity index (χ0v) is 19.4. The summed E-state index contributed by atoms with van der Waals surface area (Å²) in [7, 11) is 0. The van der Waals surface area contributed by atoms with Gasteiger partial charge in [-0.1, -0.05) is 6.07 Å². The fraction of sp³-hybridized carbons (Fsp3) is 0.333. The van der Waals surface area contributed by atoms with Crippen LogP contribution in [0.4, 0.5) is 4.39 Å². The molecular weight excluding hydrogens is 415 g/mol. The summed E-state index contributed by atoms with van der Waals surface area (Å²) < 4.78 is 21.1. The lowest BCUT2D eigenvalue weighted by atomic mass is 9.91. The van der Waals surface area contributed by atoms with Gasteiger partial charge >= 0.3 is 0 Å². The Balaban J connectivity index is 1.62. The van der Waals surface area contributed by atoms with Crippen molar-refractivity contribution in [1.29, 1.82) is 0 Å². The van der Waals surface area contributed by atoms with Gasteiger partial charge < -0.3 is 4.74 Å². The van der Waals surface area contributed by atoms with Crippen LogP contribution in [-0.4, -0.2) is 26.5 Å². The first kappa shape index (κ1) is 21.6. The molecule has 3 aromatic heterocycles. The van der Waals surface area contributed by atoms with Crippen molar-refractivity contribution in [3.8, 4) is 11.3 Å². The Hall–Kier alpha value is -3.25. The molecule has 1 aliphatic heterocycles. The second-order valence-electron chi connectivity index (χ2n) is 8.99. The van der Waals surface area contributed by atoms with E-state index in [1.807, 2.05) is 52.1 Å². The van der Waals surface area contributed by atoms with Crippen LogP contribution in [-0.2, 0) is 4.74 Å². The Kier molecular flexibility index (Phi) is 5.62. The molecule has 4 heterocycles. The van der Waals surface area contributed by atoms with Gasteiger partial charge in [0.2, 0.25) is 0 Å². The summed E-state index contributed by atoms with van der Waals surface area (Å²) in [5.41, 5.74) is 6.60. The van der Waals surface area contributed by atoms with Crippen molar-refractivity contribution in [3.05, 3.63) is 82.3 Å². The molecule has 6 heteroatoms. The van der Waals surface area contributed by atoms with E-state index in [0.717, 1.165) is 46.3 Å². The lowest BCUT2D eigenvalue weighted by Crippen LogP contribution is -2.21. The maximum atomic E-state index is 15.0. The van der Waals surface area contributed by atoms with E-state index in [9.17, 15) is 0 Å². The highest BCUT2D eigenvalue weighted by Crippen LogP contribution is 2.38. The Morgan fingerprint density at radius 1 is 0.970 bits per heavy atom. The smallest absolute Gasteiger partial charge is 0.163 e. The summed E-state index contributed by atoms with van der Waals surface area (Å²) in [4.78, 5) is 18.8. The minimum Gasteiger partial charge on any atom is -0.373 e. The number of fused-ring (bicyclic) bond motifs is 1. The van der Waals surface area contributed by atoms with Gasteiger partial charge in [0, 0.05) is 41.1 Å². The lowest BCUT2D eigenvalue weighted by molar-refractivity contribution is 0.00393. The molecule has 0 spiro atoms. The minimum atomic E-state index is -0.281. The molecule has 1 fully saturated rings. The fourth-order valence-corrected chi connectivity index (χ4v) is 4.49. The normalized spacial score (nSPS) is 18.6. The van der Waals surface area contributed by atoms with E-state index in [1.165, 1.54) is 0 Å². The Bertz CT molecular complexity index is 1350. The molecule has 0 amide bonds. The summed E-state index contributed by atoms with van der Waals surface area (Å²) in [6.07, 6.45) is 3.34. The topological polar surface area (TPSA) is 60.8 Å². The third kappa shape index (κ3) is 4.23. The monoisotopic (exact) mass is 442 g/mol. The zero-order valence-electron chi connectivity index (χ0n) is 19.4. The van der Waals surface area contributed by atoms with Gasteiger partial charge in [-0.3, -0.25) is 4.98 Å². The van der Waals surface area contributed by atoms with E-state index in [-0.39, 0.29) is 17.8 Å². The molecule has 33 heavy (non-hydrogen) atoms. The molecule has 2 atom stereocenters. The van der Waals surface area contributed by atoms with E-state index in [2.05, 4.69) is 11.1 Å². The highest BCUT2D eigenvalue weighted by molar-refractivity contribution is 5.91. The van der Waals surface area contributed by atoms with Gasteiger partial charge in [-0.05, 0) is 87.6 Å². The molecule has 4 aromatic rings. The van der Waals surface area contributed by atoms with Crippen LogP contribution in [0.25, 0.3) is 22.3 Å². The Morgan fingerprint density at radius 3 is 2.61 bits per heavy atom. The van der Waals surface area contributed by atoms with Gasteiger partial charge in [0.15, 0.2) is 5.65 Å². The molecule has 0 radical (unpaired) electrons. The van der Waals surface area contributed by atoms with Crippen LogP contribution in [0.1, 0.15) is 58.8 Å². The highest BCUT2D eigenvalue weighted by atomic mass is 19.1. The first-order valence-corrected chi connectivity index (χ1v) is 11.4. The average molecular weight is 443 g/mol. The number of pyridine rings is 2. The van der Waals surface area contributed by atoms with Crippen LogP contribution in [0.5, 0.6) is 0 Å². The predicted octanol–water partition coefficient (Wildman–Crippen LogP) is 6.09. The van der Waals surface area contributed by atoms with Crippen LogP contribution in [0.3, 0.4) is 0 Å². The summed E-state index contributed by atoms with van der Waals surface area (Å²) in [5.74, 6) is 0.515. The van der Waals surface area contributed by atoms with Crippen molar-refractivity contribution >= 4 is 11.0 Å². The Morgan fingerprint density at radius 2 is 1.82 bits per heavy atom. The molecule has 5 nitrogen and oxygen atoms in total. The SMILES string of the molecule is Cc1ccc(-c2nc([C@H]3CCO[C@@H](c4ccnc(C)c4)C3)nc3nc(C)c(C)cc23)c(F)c1. The average Bonchev–Trinajstić information content (AvgIpc) is 2.80. The van der Waals surface area contributed by atoms with Crippen LogP contribution in [0.2, 0.25) is 0 Å². The molecule has 0 bridgehead atoms. The first-order valence-electron chi connectivity index (χ1n) is 11.4. The molecule has 1 saturated heterocycles. The van der Waals surface area contributed by atoms with Gasteiger partial charge in [0.05, 0.1) is 11.8 Å². The highest BCUT2D eigenvalue weighted by Gasteiger charge is 2.28. The molecule has 5 rings (SSSR count). The summed E-state index contributed by atoms with van der Waals surface area (Å²) in [6.45, 7) is 8.46. The Labute approximate surface area is 193 Å². The van der Waals surface area contributed by atoms with Crippen molar-refractivity contribution in [2.75, 3.05) is 6.61 Å². The van der Waals surface area contributed by atoms with E-state index >= 15 is 4.39 Å². The van der Waals surface area contributed by atoms with Crippen LogP contribution in [0, 0.1) is 33.5 Å². The van der Waals surface area contributed by atoms with Gasteiger partial charge in [0.25, 0.3) is 0 Å². The molecule has 168 valence electrons. The second kappa shape index (κ2) is 8.60. The molecule has 0 saturated carbocycles. The second-order valence-corrected chi connectivity index (χ2v) is 8.99. The summed E-state index contributed by atoms with van der Waals surface area (Å²) >= 11 is 0. The van der Waals surface area contributed by atoms with E-state index in [0.29, 0.717) is 29.3 Å². The van der Waals surface area contributed by atoms with Gasteiger partial charge in [-0.25, -0.2) is 19.3 Å². The maximum absolute atomic E-state index is 15.0. The quantitative estimate of drug-likeness (QED) is 0.384. The lowest BCUT2D eigenvalue weighted by Gasteiger charge is -2.29. The minimum absolute atomic E-state index is 0.0444. The van der Waals surface area contributed by atoms with Gasteiger partial charge in [-0.2, -0.15) is 0 Å². The number of aromatic nitrogens is 4. The van der Waals surface area contributed by atoms with Crippen molar-refractivity contribution in [1.82, 2.24) is 19.9 Å². The number of hydrogen-bond acceptors (Lipinski definition) is 5. The van der Waals surface area contributed by atoms with Crippen LogP contribution < -0.4 is 0 Å². The largest absolute Gasteiger partial charge is 0.373 e. The fourth-order valence-electron chi connectivity index (χ4n) is 4.49. The van der Waals surface area contributed by atoms with Crippen molar-refractivity contribution in [2.24, 2.45) is 0 Å². The van der Waals surface area contributed by atoms with Crippen LogP contribution >= 0.6 is 0 Å². The number of halogens is 1. The van der Waals surface area contributed by atoms with E-state index < -0.39 is 0 Å². The third-order valence-electron chi connectivity index (χ3n) is 6.47. The number of nitrogens with zero attached hydrogens (tertiary/aromatic N) is 4.